The molecule has 172 valence electrons. The molecule has 0 rings (SSSR count). The third-order valence-electron chi connectivity index (χ3n) is 1.63. The van der Waals surface area contributed by atoms with Gasteiger partial charge in [-0.2, -0.15) is 0 Å². The predicted molar refractivity (Wildman–Crippen MR) is 96.0 cm³/mol. The van der Waals surface area contributed by atoms with Gasteiger partial charge in [-0.15, -0.1) is 0 Å². The highest BCUT2D eigenvalue weighted by atomic mass is 16.6. The molecular formula is C16H30O13. The summed E-state index contributed by atoms with van der Waals surface area (Å²) in [5.74, 6) is -3.51. The van der Waals surface area contributed by atoms with E-state index in [1.807, 2.05) is 0 Å². The first-order valence-corrected chi connectivity index (χ1v) is 7.91. The first kappa shape index (κ1) is 33.8. The number of ether oxygens (including phenoxy) is 3. The molecule has 0 aromatic rings. The van der Waals surface area contributed by atoms with Crippen LogP contribution in [-0.2, 0) is 38.2 Å². The second-order valence-electron chi connectivity index (χ2n) is 4.96. The molecule has 0 aromatic carbocycles. The molecule has 29 heavy (non-hydrogen) atoms. The lowest BCUT2D eigenvalue weighted by Gasteiger charge is -2.17. The van der Waals surface area contributed by atoms with Gasteiger partial charge in [-0.3, -0.25) is 24.0 Å². The van der Waals surface area contributed by atoms with Gasteiger partial charge in [0.2, 0.25) is 0 Å². The zero-order chi connectivity index (χ0) is 24.0. The fourth-order valence-electron chi connectivity index (χ4n) is 0.949. The van der Waals surface area contributed by atoms with Crippen molar-refractivity contribution in [2.45, 2.75) is 46.8 Å². The number of carboxylic acids is 3. The molecule has 0 aromatic heterocycles. The molecular weight excluding hydrogens is 400 g/mol. The smallest absolute Gasteiger partial charge is 0.303 e. The van der Waals surface area contributed by atoms with Crippen LogP contribution < -0.4 is 0 Å². The van der Waals surface area contributed by atoms with Gasteiger partial charge in [0.1, 0.15) is 12.7 Å². The van der Waals surface area contributed by atoms with Crippen LogP contribution in [0.2, 0.25) is 0 Å². The van der Waals surface area contributed by atoms with Crippen molar-refractivity contribution in [2.24, 2.45) is 0 Å². The summed E-state index contributed by atoms with van der Waals surface area (Å²) < 4.78 is 14.5. The Bertz CT molecular complexity index is 435. The number of hydrogen-bond donors (Lipinski definition) is 5. The van der Waals surface area contributed by atoms with Crippen molar-refractivity contribution in [3.8, 4) is 0 Å². The van der Waals surface area contributed by atoms with Gasteiger partial charge in [-0.05, 0) is 0 Å². The lowest BCUT2D eigenvalue weighted by Crippen LogP contribution is -2.30. The molecule has 0 fully saturated rings. The number of rotatable bonds is 8. The Hall–Kier alpha value is -2.77. The van der Waals surface area contributed by atoms with Crippen LogP contribution in [0.25, 0.3) is 0 Å². The Morgan fingerprint density at radius 3 is 1.38 bits per heavy atom. The van der Waals surface area contributed by atoms with Gasteiger partial charge in [-0.1, -0.05) is 0 Å². The molecule has 13 nitrogen and oxygen atoms in total. The average molecular weight is 430 g/mol. The van der Waals surface area contributed by atoms with Gasteiger partial charge in [0, 0.05) is 34.6 Å². The zero-order valence-corrected chi connectivity index (χ0v) is 17.0. The van der Waals surface area contributed by atoms with Gasteiger partial charge < -0.3 is 39.7 Å². The monoisotopic (exact) mass is 430 g/mol. The van der Waals surface area contributed by atoms with E-state index in [1.165, 1.54) is 13.8 Å². The van der Waals surface area contributed by atoms with Crippen molar-refractivity contribution in [3.63, 3.8) is 0 Å². The van der Waals surface area contributed by atoms with E-state index in [0.717, 1.165) is 20.8 Å². The Balaban J connectivity index is -0.000000212. The average Bonchev–Trinajstić information content (AvgIpc) is 2.50. The fraction of sp³-hybridized carbons (Fsp3) is 0.688. The second kappa shape index (κ2) is 23.3. The minimum atomic E-state index is -0.985. The highest BCUT2D eigenvalue weighted by molar-refractivity contribution is 5.67. The molecule has 5 N–H and O–H groups in total. The minimum absolute atomic E-state index is 0.0239. The number of carboxylic acid groups (broad SMARTS) is 3. The third-order valence-corrected chi connectivity index (χ3v) is 1.63. The van der Waals surface area contributed by atoms with Crippen LogP contribution >= 0.6 is 0 Å². The molecule has 2 unspecified atom stereocenters. The Morgan fingerprint density at radius 1 is 0.724 bits per heavy atom. The van der Waals surface area contributed by atoms with E-state index in [9.17, 15) is 9.59 Å². The van der Waals surface area contributed by atoms with E-state index in [0.29, 0.717) is 0 Å². The SMILES string of the molecule is CC(=O)O.CC(=O)O.CC(=O)O.CC(=O)OCC(COCC(O)CO)OC(C)=O. The summed E-state index contributed by atoms with van der Waals surface area (Å²) in [6.07, 6.45) is -1.70. The van der Waals surface area contributed by atoms with Crippen molar-refractivity contribution < 1.29 is 63.7 Å². The Morgan fingerprint density at radius 2 is 1.10 bits per heavy atom. The molecule has 0 heterocycles. The Labute approximate surface area is 167 Å². The highest BCUT2D eigenvalue weighted by Crippen LogP contribution is 1.97. The lowest BCUT2D eigenvalue weighted by atomic mass is 10.4. The zero-order valence-electron chi connectivity index (χ0n) is 17.0. The summed E-state index contributed by atoms with van der Waals surface area (Å²) in [7, 11) is 0. The maximum atomic E-state index is 10.7. The summed E-state index contributed by atoms with van der Waals surface area (Å²) in [4.78, 5) is 48.3. The molecule has 0 aliphatic carbocycles. The number of esters is 2. The van der Waals surface area contributed by atoms with Crippen LogP contribution in [-0.4, -0.2) is 94.0 Å². The van der Waals surface area contributed by atoms with E-state index in [2.05, 4.69) is 4.74 Å². The Kier molecular flexibility index (Phi) is 27.1. The van der Waals surface area contributed by atoms with Gasteiger partial charge >= 0.3 is 11.9 Å². The molecule has 0 amide bonds. The molecule has 0 spiro atoms. The van der Waals surface area contributed by atoms with Crippen molar-refractivity contribution in [3.05, 3.63) is 0 Å². The third kappa shape index (κ3) is 67.2. The summed E-state index contributed by atoms with van der Waals surface area (Å²) >= 11 is 0. The van der Waals surface area contributed by atoms with Crippen LogP contribution in [0.4, 0.5) is 0 Å². The number of aliphatic carboxylic acids is 3. The number of hydrogen-bond acceptors (Lipinski definition) is 10. The van der Waals surface area contributed by atoms with E-state index < -0.39 is 48.7 Å². The quantitative estimate of drug-likeness (QED) is 0.296. The molecule has 0 bridgehead atoms. The van der Waals surface area contributed by atoms with E-state index in [4.69, 9.17) is 49.4 Å². The second-order valence-corrected chi connectivity index (χ2v) is 4.96. The predicted octanol–water partition coefficient (Wildman–Crippen LogP) is -0.876. The van der Waals surface area contributed by atoms with Crippen molar-refractivity contribution in [2.75, 3.05) is 26.4 Å². The molecule has 0 aliphatic heterocycles. The van der Waals surface area contributed by atoms with Crippen LogP contribution in [0.1, 0.15) is 34.6 Å². The number of carbonyl (C=O) groups is 5. The van der Waals surface area contributed by atoms with Gasteiger partial charge in [-0.25, -0.2) is 0 Å². The fourth-order valence-corrected chi connectivity index (χ4v) is 0.949. The summed E-state index contributed by atoms with van der Waals surface area (Å²) in [6.45, 7) is 5.08. The molecule has 2 atom stereocenters. The van der Waals surface area contributed by atoms with Crippen LogP contribution in [0.5, 0.6) is 0 Å². The molecule has 13 heteroatoms. The topological polar surface area (TPSA) is 214 Å². The summed E-state index contributed by atoms with van der Waals surface area (Å²) in [6, 6.07) is 0. The standard InChI is InChI=1S/C10H18O7.3C2H4O2/c1-7(12)16-6-10(17-8(2)13)5-15-4-9(14)3-11;3*1-2(3)4/h9-11,14H,3-6H2,1-2H3;3*1H3,(H,3,4). The number of aliphatic hydroxyl groups excluding tert-OH is 2. The minimum Gasteiger partial charge on any atom is -0.481 e. The maximum Gasteiger partial charge on any atom is 0.303 e. The van der Waals surface area contributed by atoms with Crippen molar-refractivity contribution in [1.82, 2.24) is 0 Å². The molecule has 0 saturated heterocycles. The highest BCUT2D eigenvalue weighted by Gasteiger charge is 2.15. The first-order chi connectivity index (χ1) is 13.1. The van der Waals surface area contributed by atoms with Gasteiger partial charge in [0.25, 0.3) is 17.9 Å². The normalized spacial score (nSPS) is 10.7. The largest absolute Gasteiger partial charge is 0.481 e. The molecule has 0 saturated carbocycles. The summed E-state index contributed by atoms with van der Waals surface area (Å²) in [5, 5.41) is 39.8. The van der Waals surface area contributed by atoms with Crippen LogP contribution in [0, 0.1) is 0 Å². The van der Waals surface area contributed by atoms with Crippen molar-refractivity contribution >= 4 is 29.8 Å². The van der Waals surface area contributed by atoms with Gasteiger partial charge in [0.15, 0.2) is 6.10 Å². The molecule has 0 aliphatic rings. The maximum absolute atomic E-state index is 10.7. The first-order valence-electron chi connectivity index (χ1n) is 7.91. The number of carbonyl (C=O) groups excluding carboxylic acids is 2. The van der Waals surface area contributed by atoms with Crippen molar-refractivity contribution in [1.29, 1.82) is 0 Å². The van der Waals surface area contributed by atoms with Crippen LogP contribution in [0.3, 0.4) is 0 Å². The van der Waals surface area contributed by atoms with Gasteiger partial charge in [0.05, 0.1) is 19.8 Å². The molecule has 0 radical (unpaired) electrons. The summed E-state index contributed by atoms with van der Waals surface area (Å²) in [5.41, 5.74) is 0. The van der Waals surface area contributed by atoms with E-state index in [1.54, 1.807) is 0 Å². The lowest BCUT2D eigenvalue weighted by molar-refractivity contribution is -0.160. The van der Waals surface area contributed by atoms with E-state index in [-0.39, 0.29) is 19.8 Å². The number of aliphatic hydroxyl groups is 2. The van der Waals surface area contributed by atoms with E-state index >= 15 is 0 Å². The van der Waals surface area contributed by atoms with Crippen LogP contribution in [0.15, 0.2) is 0 Å².